The lowest BCUT2D eigenvalue weighted by atomic mass is 9.94. The molecule has 0 aliphatic carbocycles. The van der Waals surface area contributed by atoms with E-state index in [2.05, 4.69) is 0 Å². The quantitative estimate of drug-likeness (QED) is 0.852. The summed E-state index contributed by atoms with van der Waals surface area (Å²) in [5.74, 6) is 0.149. The lowest BCUT2D eigenvalue weighted by Gasteiger charge is -2.39. The van der Waals surface area contributed by atoms with E-state index in [1.807, 2.05) is 13.8 Å². The topological polar surface area (TPSA) is 54.5 Å². The van der Waals surface area contributed by atoms with Crippen molar-refractivity contribution in [2.75, 3.05) is 0 Å². The van der Waals surface area contributed by atoms with Gasteiger partial charge >= 0.3 is 0 Å². The van der Waals surface area contributed by atoms with Crippen LogP contribution in [-0.2, 0) is 14.8 Å². The average Bonchev–Trinajstić information content (AvgIpc) is 2.46. The number of hydrogen-bond donors (Lipinski definition) is 0. The van der Waals surface area contributed by atoms with E-state index in [0.717, 1.165) is 0 Å². The number of carbonyl (C=O) groups is 1. The van der Waals surface area contributed by atoms with Crippen LogP contribution in [0.1, 0.15) is 39.5 Å². The second-order valence-electron chi connectivity index (χ2n) is 5.36. The van der Waals surface area contributed by atoms with E-state index in [1.165, 1.54) is 16.4 Å². The van der Waals surface area contributed by atoms with Crippen molar-refractivity contribution in [3.63, 3.8) is 0 Å². The molecule has 1 aromatic rings. The molecular formula is C15H20ClNO3S. The van der Waals surface area contributed by atoms with E-state index in [4.69, 9.17) is 11.6 Å². The fourth-order valence-corrected chi connectivity index (χ4v) is 4.94. The lowest BCUT2D eigenvalue weighted by Crippen LogP contribution is -2.51. The Labute approximate surface area is 131 Å². The maximum absolute atomic E-state index is 12.9. The third-order valence-electron chi connectivity index (χ3n) is 3.98. The highest BCUT2D eigenvalue weighted by atomic mass is 35.5. The van der Waals surface area contributed by atoms with Crippen molar-refractivity contribution in [3.05, 3.63) is 29.3 Å². The minimum atomic E-state index is -3.60. The van der Waals surface area contributed by atoms with Gasteiger partial charge in [-0.05, 0) is 37.1 Å². The average molecular weight is 330 g/mol. The summed E-state index contributed by atoms with van der Waals surface area (Å²) in [6, 6.07) is 5.69. The number of carbonyl (C=O) groups excluding carboxylic acids is 1. The molecule has 1 saturated heterocycles. The number of hydrogen-bond acceptors (Lipinski definition) is 3. The molecule has 1 heterocycles. The van der Waals surface area contributed by atoms with Gasteiger partial charge < -0.3 is 0 Å². The summed E-state index contributed by atoms with van der Waals surface area (Å²) in [7, 11) is -3.60. The van der Waals surface area contributed by atoms with Crippen molar-refractivity contribution in [1.82, 2.24) is 4.31 Å². The van der Waals surface area contributed by atoms with Gasteiger partial charge in [-0.15, -0.1) is 0 Å². The molecule has 116 valence electrons. The number of sulfonamides is 1. The molecule has 0 saturated carbocycles. The zero-order chi connectivity index (χ0) is 15.6. The first-order valence-corrected chi connectivity index (χ1v) is 9.02. The van der Waals surface area contributed by atoms with Crippen molar-refractivity contribution in [2.24, 2.45) is 0 Å². The van der Waals surface area contributed by atoms with Crippen molar-refractivity contribution in [3.8, 4) is 0 Å². The van der Waals surface area contributed by atoms with Crippen molar-refractivity contribution in [1.29, 1.82) is 0 Å². The Morgan fingerprint density at radius 2 is 1.57 bits per heavy atom. The summed E-state index contributed by atoms with van der Waals surface area (Å²) in [5.41, 5.74) is 0. The summed E-state index contributed by atoms with van der Waals surface area (Å²) in [5, 5.41) is 0.502. The first-order valence-electron chi connectivity index (χ1n) is 7.21. The van der Waals surface area contributed by atoms with Crippen LogP contribution in [-0.4, -0.2) is 30.6 Å². The summed E-state index contributed by atoms with van der Waals surface area (Å²) in [6.45, 7) is 3.83. The van der Waals surface area contributed by atoms with Crippen LogP contribution >= 0.6 is 11.6 Å². The summed E-state index contributed by atoms with van der Waals surface area (Å²) >= 11 is 5.83. The molecule has 1 fully saturated rings. The predicted octanol–water partition coefficient (Wildman–Crippen LogP) is 3.25. The van der Waals surface area contributed by atoms with Gasteiger partial charge in [-0.2, -0.15) is 4.31 Å². The molecule has 0 bridgehead atoms. The second-order valence-corrected chi connectivity index (χ2v) is 7.64. The maximum atomic E-state index is 12.9. The van der Waals surface area contributed by atoms with E-state index in [-0.39, 0.29) is 22.8 Å². The Bertz CT molecular complexity index is 596. The molecule has 0 radical (unpaired) electrons. The molecule has 4 nitrogen and oxygen atoms in total. The number of rotatable bonds is 4. The van der Waals surface area contributed by atoms with Crippen LogP contribution in [0, 0.1) is 0 Å². The molecule has 0 spiro atoms. The highest BCUT2D eigenvalue weighted by Crippen LogP contribution is 2.31. The maximum Gasteiger partial charge on any atom is 0.243 e. The molecule has 1 aliphatic rings. The van der Waals surface area contributed by atoms with Crippen LogP contribution in [0.2, 0.25) is 5.02 Å². The fourth-order valence-electron chi connectivity index (χ4n) is 2.86. The van der Waals surface area contributed by atoms with Gasteiger partial charge in [0.2, 0.25) is 10.0 Å². The predicted molar refractivity (Wildman–Crippen MR) is 82.9 cm³/mol. The Morgan fingerprint density at radius 1 is 1.10 bits per heavy atom. The van der Waals surface area contributed by atoms with Gasteiger partial charge in [-0.1, -0.05) is 25.4 Å². The smallest absolute Gasteiger partial charge is 0.243 e. The van der Waals surface area contributed by atoms with E-state index in [9.17, 15) is 13.2 Å². The molecule has 0 unspecified atom stereocenters. The Morgan fingerprint density at radius 3 is 2.00 bits per heavy atom. The van der Waals surface area contributed by atoms with Gasteiger partial charge in [0.25, 0.3) is 0 Å². The number of ketones is 1. The number of halogens is 1. The van der Waals surface area contributed by atoms with Gasteiger partial charge in [0.05, 0.1) is 4.90 Å². The van der Waals surface area contributed by atoms with Crippen molar-refractivity contribution < 1.29 is 13.2 Å². The van der Waals surface area contributed by atoms with Crippen LogP contribution in [0.5, 0.6) is 0 Å². The molecule has 2 rings (SSSR count). The van der Waals surface area contributed by atoms with E-state index in [1.54, 1.807) is 12.1 Å². The first-order chi connectivity index (χ1) is 9.90. The van der Waals surface area contributed by atoms with Crippen LogP contribution in [0.25, 0.3) is 0 Å². The standard InChI is InChI=1S/C15H20ClNO3S/c1-3-12-9-14(18)10-13(4-2)17(12)21(19,20)15-7-5-11(16)6-8-15/h5-8,12-13H,3-4,9-10H2,1-2H3/t12-,13-/m1/s1. The largest absolute Gasteiger partial charge is 0.300 e. The Kier molecular flexibility index (Phi) is 5.07. The Balaban J connectivity index is 2.43. The van der Waals surface area contributed by atoms with Crippen molar-refractivity contribution in [2.45, 2.75) is 56.5 Å². The van der Waals surface area contributed by atoms with Gasteiger partial charge in [0.1, 0.15) is 5.78 Å². The minimum Gasteiger partial charge on any atom is -0.300 e. The molecule has 2 atom stereocenters. The molecule has 1 aromatic carbocycles. The molecular weight excluding hydrogens is 310 g/mol. The van der Waals surface area contributed by atoms with Crippen LogP contribution < -0.4 is 0 Å². The molecule has 0 amide bonds. The lowest BCUT2D eigenvalue weighted by molar-refractivity contribution is -0.123. The zero-order valence-electron chi connectivity index (χ0n) is 12.3. The first kappa shape index (κ1) is 16.5. The molecule has 0 N–H and O–H groups in total. The normalized spacial score (nSPS) is 24.2. The van der Waals surface area contributed by atoms with Gasteiger partial charge in [0, 0.05) is 29.9 Å². The zero-order valence-corrected chi connectivity index (χ0v) is 13.8. The molecule has 1 aliphatic heterocycles. The third kappa shape index (κ3) is 3.30. The monoisotopic (exact) mass is 329 g/mol. The molecule has 0 aromatic heterocycles. The van der Waals surface area contributed by atoms with Gasteiger partial charge in [-0.3, -0.25) is 4.79 Å². The molecule has 6 heteroatoms. The number of nitrogens with zero attached hydrogens (tertiary/aromatic N) is 1. The van der Waals surface area contributed by atoms with E-state index < -0.39 is 10.0 Å². The van der Waals surface area contributed by atoms with Gasteiger partial charge in [-0.25, -0.2) is 8.42 Å². The van der Waals surface area contributed by atoms with Crippen LogP contribution in [0.3, 0.4) is 0 Å². The number of benzene rings is 1. The Hall–Kier alpha value is -0.910. The number of Topliss-reactive ketones (excluding diaryl/α,β-unsaturated/α-hetero) is 1. The highest BCUT2D eigenvalue weighted by molar-refractivity contribution is 7.89. The minimum absolute atomic E-state index is 0.149. The van der Waals surface area contributed by atoms with Crippen molar-refractivity contribution >= 4 is 27.4 Å². The second kappa shape index (κ2) is 6.46. The molecule has 21 heavy (non-hydrogen) atoms. The number of piperidine rings is 1. The fraction of sp³-hybridized carbons (Fsp3) is 0.533. The van der Waals surface area contributed by atoms with Crippen LogP contribution in [0.4, 0.5) is 0 Å². The van der Waals surface area contributed by atoms with Crippen LogP contribution in [0.15, 0.2) is 29.2 Å². The van der Waals surface area contributed by atoms with Gasteiger partial charge in [0.15, 0.2) is 0 Å². The van der Waals surface area contributed by atoms with E-state index >= 15 is 0 Å². The summed E-state index contributed by atoms with van der Waals surface area (Å²) in [6.07, 6.45) is 1.88. The van der Waals surface area contributed by atoms with E-state index in [0.29, 0.717) is 30.7 Å². The highest BCUT2D eigenvalue weighted by Gasteiger charge is 2.40. The third-order valence-corrected chi connectivity index (χ3v) is 6.25. The summed E-state index contributed by atoms with van der Waals surface area (Å²) in [4.78, 5) is 12.1. The SMILES string of the molecule is CC[C@@H]1CC(=O)C[C@@H](CC)N1S(=O)(=O)c1ccc(Cl)cc1. The summed E-state index contributed by atoms with van der Waals surface area (Å²) < 4.78 is 27.4.